The van der Waals surface area contributed by atoms with Crippen molar-refractivity contribution >= 4 is 0 Å². The molecule has 0 unspecified atom stereocenters. The van der Waals surface area contributed by atoms with E-state index < -0.39 is 30.6 Å². The lowest BCUT2D eigenvalue weighted by atomic mass is 9.77. The van der Waals surface area contributed by atoms with Gasteiger partial charge < -0.3 is 0 Å². The molecule has 2 aliphatic rings. The van der Waals surface area contributed by atoms with Gasteiger partial charge in [0.2, 0.25) is 0 Å². The molecular weight excluding hydrogens is 388 g/mol. The van der Waals surface area contributed by atoms with E-state index in [0.717, 1.165) is 17.0 Å². The zero-order valence-corrected chi connectivity index (χ0v) is 17.5. The van der Waals surface area contributed by atoms with E-state index in [4.69, 9.17) is 0 Å². The van der Waals surface area contributed by atoms with E-state index in [1.165, 1.54) is 44.1 Å². The Morgan fingerprint density at radius 2 is 1.13 bits per heavy atom. The van der Waals surface area contributed by atoms with Gasteiger partial charge in [0.25, 0.3) is 0 Å². The van der Waals surface area contributed by atoms with Crippen LogP contribution in [0.25, 0.3) is 11.1 Å². The molecule has 2 fully saturated rings. The van der Waals surface area contributed by atoms with E-state index in [9.17, 15) is 17.6 Å². The maximum absolute atomic E-state index is 13.5. The number of halogens is 4. The molecule has 4 rings (SSSR count). The molecule has 0 saturated heterocycles. The van der Waals surface area contributed by atoms with Crippen LogP contribution < -0.4 is 0 Å². The third-order valence-electron chi connectivity index (χ3n) is 7.18. The minimum atomic E-state index is -3.91. The van der Waals surface area contributed by atoms with Crippen molar-refractivity contribution in [3.8, 4) is 11.1 Å². The van der Waals surface area contributed by atoms with Crippen LogP contribution >= 0.6 is 0 Å². The second-order valence-corrected chi connectivity index (χ2v) is 9.26. The molecule has 2 aromatic rings. The molecule has 0 amide bonds. The van der Waals surface area contributed by atoms with Gasteiger partial charge in [-0.15, -0.1) is 0 Å². The van der Waals surface area contributed by atoms with Gasteiger partial charge in [0.05, 0.1) is 0 Å². The van der Waals surface area contributed by atoms with Crippen LogP contribution in [-0.2, 0) is 0 Å². The van der Waals surface area contributed by atoms with Crippen molar-refractivity contribution in [3.05, 3.63) is 59.7 Å². The SMILES string of the molecule is CCCC1CCC(c2ccc(-c3ccc(C4CC(F)(F)C(F)(F)C4)cc3)cc2)CC1.[HH]. The largest absolute Gasteiger partial charge is 0.310 e. The first kappa shape index (κ1) is 21.4. The van der Waals surface area contributed by atoms with Gasteiger partial charge in [-0.3, -0.25) is 0 Å². The van der Waals surface area contributed by atoms with Crippen LogP contribution in [0.15, 0.2) is 48.5 Å². The summed E-state index contributed by atoms with van der Waals surface area (Å²) < 4.78 is 54.0. The molecular formula is C26H32F4. The van der Waals surface area contributed by atoms with Crippen molar-refractivity contribution in [2.75, 3.05) is 0 Å². The zero-order chi connectivity index (χ0) is 21.4. The Hall–Kier alpha value is -1.84. The maximum Gasteiger partial charge on any atom is 0.310 e. The van der Waals surface area contributed by atoms with Gasteiger partial charge in [-0.05, 0) is 65.7 Å². The van der Waals surface area contributed by atoms with E-state index in [-0.39, 0.29) is 1.43 Å². The van der Waals surface area contributed by atoms with E-state index in [1.807, 2.05) is 12.1 Å². The Balaban J connectivity index is 0.00000272. The van der Waals surface area contributed by atoms with Gasteiger partial charge in [0.1, 0.15) is 0 Å². The van der Waals surface area contributed by atoms with Gasteiger partial charge >= 0.3 is 11.8 Å². The van der Waals surface area contributed by atoms with Crippen LogP contribution in [-0.4, -0.2) is 11.8 Å². The van der Waals surface area contributed by atoms with Crippen LogP contribution in [0.1, 0.15) is 82.7 Å². The molecule has 2 aliphatic carbocycles. The van der Waals surface area contributed by atoms with Crippen LogP contribution in [0.2, 0.25) is 0 Å². The Morgan fingerprint density at radius 3 is 1.57 bits per heavy atom. The molecule has 4 heteroatoms. The summed E-state index contributed by atoms with van der Waals surface area (Å²) in [4.78, 5) is 0. The summed E-state index contributed by atoms with van der Waals surface area (Å²) in [6.45, 7) is 2.26. The summed E-state index contributed by atoms with van der Waals surface area (Å²) in [5, 5.41) is 0. The van der Waals surface area contributed by atoms with Gasteiger partial charge in [0.15, 0.2) is 0 Å². The summed E-state index contributed by atoms with van der Waals surface area (Å²) >= 11 is 0. The second kappa shape index (κ2) is 8.36. The molecule has 2 aromatic carbocycles. The first-order chi connectivity index (χ1) is 14.3. The lowest BCUT2D eigenvalue weighted by Crippen LogP contribution is -2.33. The molecule has 0 radical (unpaired) electrons. The van der Waals surface area contributed by atoms with Crippen molar-refractivity contribution < 1.29 is 19.0 Å². The molecule has 0 atom stereocenters. The van der Waals surface area contributed by atoms with Crippen LogP contribution in [0.4, 0.5) is 17.6 Å². The highest BCUT2D eigenvalue weighted by atomic mass is 19.3. The smallest absolute Gasteiger partial charge is 0.200 e. The third-order valence-corrected chi connectivity index (χ3v) is 7.18. The van der Waals surface area contributed by atoms with Gasteiger partial charge in [0, 0.05) is 14.3 Å². The average Bonchev–Trinajstić information content (AvgIpc) is 2.96. The predicted molar refractivity (Wildman–Crippen MR) is 115 cm³/mol. The minimum Gasteiger partial charge on any atom is -0.200 e. The Kier molecular flexibility index (Phi) is 5.96. The molecule has 30 heavy (non-hydrogen) atoms. The molecule has 0 aliphatic heterocycles. The fraction of sp³-hybridized carbons (Fsp3) is 0.538. The fourth-order valence-electron chi connectivity index (χ4n) is 5.31. The van der Waals surface area contributed by atoms with E-state index >= 15 is 0 Å². The van der Waals surface area contributed by atoms with E-state index in [1.54, 1.807) is 12.1 Å². The van der Waals surface area contributed by atoms with Crippen molar-refractivity contribution in [1.29, 1.82) is 0 Å². The van der Waals surface area contributed by atoms with Crippen LogP contribution in [0.3, 0.4) is 0 Å². The predicted octanol–water partition coefficient (Wildman–Crippen LogP) is 8.82. The van der Waals surface area contributed by atoms with Crippen molar-refractivity contribution in [1.82, 2.24) is 0 Å². The zero-order valence-electron chi connectivity index (χ0n) is 17.5. The average molecular weight is 421 g/mol. The second-order valence-electron chi connectivity index (χ2n) is 9.26. The lowest BCUT2D eigenvalue weighted by Gasteiger charge is -2.28. The summed E-state index contributed by atoms with van der Waals surface area (Å²) in [5.74, 6) is -7.10. The minimum absolute atomic E-state index is 0. The van der Waals surface area contributed by atoms with E-state index in [2.05, 4.69) is 31.2 Å². The standard InChI is InChI=1S/C26H30F4.H2/c1-2-3-18-4-6-19(7-5-18)20-8-10-21(11-9-20)22-12-14-23(15-13-22)24-16-25(27,28)26(29,30)17-24;/h8-15,18-19,24H,2-7,16-17H2,1H3;1H. The molecule has 0 bridgehead atoms. The van der Waals surface area contributed by atoms with Crippen molar-refractivity contribution in [3.63, 3.8) is 0 Å². The summed E-state index contributed by atoms with van der Waals surface area (Å²) in [6.07, 6.45) is 6.21. The van der Waals surface area contributed by atoms with Gasteiger partial charge in [-0.2, -0.15) is 17.6 Å². The molecule has 0 heterocycles. The summed E-state index contributed by atoms with van der Waals surface area (Å²) in [7, 11) is 0. The van der Waals surface area contributed by atoms with Crippen LogP contribution in [0.5, 0.6) is 0 Å². The summed E-state index contributed by atoms with van der Waals surface area (Å²) in [5.41, 5.74) is 4.00. The number of benzene rings is 2. The first-order valence-electron chi connectivity index (χ1n) is 11.2. The lowest BCUT2D eigenvalue weighted by molar-refractivity contribution is -0.185. The van der Waals surface area contributed by atoms with E-state index in [0.29, 0.717) is 11.5 Å². The fourth-order valence-corrected chi connectivity index (χ4v) is 5.31. The normalized spacial score (nSPS) is 26.0. The van der Waals surface area contributed by atoms with Crippen molar-refractivity contribution in [2.45, 2.75) is 82.0 Å². The molecule has 0 N–H and O–H groups in total. The third kappa shape index (κ3) is 4.29. The quantitative estimate of drug-likeness (QED) is 0.424. The Morgan fingerprint density at radius 1 is 0.700 bits per heavy atom. The Labute approximate surface area is 178 Å². The topological polar surface area (TPSA) is 0 Å². The Bertz CT molecular complexity index is 821. The van der Waals surface area contributed by atoms with Crippen molar-refractivity contribution in [2.24, 2.45) is 5.92 Å². The van der Waals surface area contributed by atoms with Crippen LogP contribution in [0, 0.1) is 5.92 Å². The molecule has 0 nitrogen and oxygen atoms in total. The highest BCUT2D eigenvalue weighted by Gasteiger charge is 2.63. The number of hydrogen-bond acceptors (Lipinski definition) is 0. The first-order valence-corrected chi connectivity index (χ1v) is 11.2. The van der Waals surface area contributed by atoms with Gasteiger partial charge in [-0.25, -0.2) is 0 Å². The number of rotatable bonds is 5. The molecule has 164 valence electrons. The molecule has 0 aromatic heterocycles. The molecule has 0 spiro atoms. The highest BCUT2D eigenvalue weighted by Crippen LogP contribution is 2.53. The van der Waals surface area contributed by atoms with Gasteiger partial charge in [-0.1, -0.05) is 68.3 Å². The number of hydrogen-bond donors (Lipinski definition) is 0. The number of alkyl halides is 4. The molecule has 2 saturated carbocycles. The highest BCUT2D eigenvalue weighted by molar-refractivity contribution is 5.64. The summed E-state index contributed by atoms with van der Waals surface area (Å²) in [6, 6.07) is 15.8. The monoisotopic (exact) mass is 420 g/mol. The maximum atomic E-state index is 13.5.